The minimum Gasteiger partial charge on any atom is -0.398 e. The van der Waals surface area contributed by atoms with Crippen LogP contribution in [0.15, 0.2) is 23.1 Å². The molecule has 11 heavy (non-hydrogen) atoms. The molecule has 0 fully saturated rings. The number of benzene rings is 1. The number of nitrogens with two attached hydrogens (primary N) is 1. The smallest absolute Gasteiger partial charge is 0.0992 e. The topological polar surface area (TPSA) is 49.8 Å². The van der Waals surface area contributed by atoms with Gasteiger partial charge in [-0.1, -0.05) is 0 Å². The van der Waals surface area contributed by atoms with E-state index >= 15 is 0 Å². The van der Waals surface area contributed by atoms with Crippen LogP contribution in [0.3, 0.4) is 0 Å². The zero-order chi connectivity index (χ0) is 8.27. The lowest BCUT2D eigenvalue weighted by Crippen LogP contribution is -1.88. The van der Waals surface area contributed by atoms with Gasteiger partial charge in [0.15, 0.2) is 0 Å². The molecule has 56 valence electrons. The monoisotopic (exact) mass is 164 g/mol. The molecule has 0 saturated heterocycles. The zero-order valence-electron chi connectivity index (χ0n) is 6.16. The van der Waals surface area contributed by atoms with E-state index in [1.165, 1.54) is 0 Å². The predicted molar refractivity (Wildman–Crippen MR) is 47.4 cm³/mol. The van der Waals surface area contributed by atoms with Crippen molar-refractivity contribution in [2.45, 2.75) is 4.90 Å². The molecule has 2 N–H and O–H groups in total. The Kier molecular flexibility index (Phi) is 2.40. The lowest BCUT2D eigenvalue weighted by molar-refractivity contribution is 1.42. The summed E-state index contributed by atoms with van der Waals surface area (Å²) >= 11 is 1.58. The molecule has 1 rings (SSSR count). The van der Waals surface area contributed by atoms with Crippen LogP contribution in [0, 0.1) is 11.3 Å². The second-order valence-corrected chi connectivity index (χ2v) is 2.92. The highest BCUT2D eigenvalue weighted by Gasteiger charge is 1.97. The second kappa shape index (κ2) is 3.31. The number of rotatable bonds is 1. The molecule has 0 heterocycles. The molecule has 2 nitrogen and oxygen atoms in total. The third-order valence-corrected chi connectivity index (χ3v) is 2.17. The minimum absolute atomic E-state index is 0.611. The number of nitrogen functional groups attached to an aromatic ring is 1. The molecule has 0 unspecified atom stereocenters. The summed E-state index contributed by atoms with van der Waals surface area (Å²) in [5.41, 5.74) is 6.92. The first kappa shape index (κ1) is 7.96. The summed E-state index contributed by atoms with van der Waals surface area (Å²) in [6.07, 6.45) is 1.96. The molecule has 0 aromatic heterocycles. The van der Waals surface area contributed by atoms with Crippen LogP contribution >= 0.6 is 11.8 Å². The standard InChI is InChI=1S/C8H8N2S/c1-11-8-3-2-6(5-9)4-7(8)10/h2-4H,10H2,1H3. The maximum absolute atomic E-state index is 8.51. The first-order chi connectivity index (χ1) is 5.27. The van der Waals surface area contributed by atoms with Gasteiger partial charge in [-0.2, -0.15) is 5.26 Å². The highest BCUT2D eigenvalue weighted by Crippen LogP contribution is 2.22. The number of hydrogen-bond donors (Lipinski definition) is 1. The molecule has 0 radical (unpaired) electrons. The van der Waals surface area contributed by atoms with Gasteiger partial charge < -0.3 is 5.73 Å². The van der Waals surface area contributed by atoms with E-state index in [-0.39, 0.29) is 0 Å². The van der Waals surface area contributed by atoms with Gasteiger partial charge in [-0.15, -0.1) is 11.8 Å². The Bertz CT molecular complexity index is 301. The third kappa shape index (κ3) is 1.66. The molecule has 0 aliphatic carbocycles. The van der Waals surface area contributed by atoms with Gasteiger partial charge in [0.25, 0.3) is 0 Å². The van der Waals surface area contributed by atoms with Gasteiger partial charge in [-0.25, -0.2) is 0 Å². The summed E-state index contributed by atoms with van der Waals surface area (Å²) < 4.78 is 0. The fourth-order valence-corrected chi connectivity index (χ4v) is 1.30. The fourth-order valence-electron chi connectivity index (χ4n) is 0.804. The van der Waals surface area contributed by atoms with E-state index < -0.39 is 0 Å². The number of nitriles is 1. The van der Waals surface area contributed by atoms with Crippen LogP contribution in [0.2, 0.25) is 0 Å². The van der Waals surface area contributed by atoms with E-state index in [1.807, 2.05) is 18.4 Å². The van der Waals surface area contributed by atoms with Crippen molar-refractivity contribution in [3.63, 3.8) is 0 Å². The van der Waals surface area contributed by atoms with Crippen LogP contribution in [-0.2, 0) is 0 Å². The molecule has 3 heteroatoms. The Morgan fingerprint density at radius 3 is 2.73 bits per heavy atom. The van der Waals surface area contributed by atoms with E-state index in [4.69, 9.17) is 11.0 Å². The van der Waals surface area contributed by atoms with Crippen molar-refractivity contribution in [1.82, 2.24) is 0 Å². The Balaban J connectivity index is 3.12. The highest BCUT2D eigenvalue weighted by atomic mass is 32.2. The van der Waals surface area contributed by atoms with Gasteiger partial charge in [0.05, 0.1) is 11.6 Å². The van der Waals surface area contributed by atoms with Crippen molar-refractivity contribution in [2.75, 3.05) is 12.0 Å². The Hall–Kier alpha value is -1.14. The maximum atomic E-state index is 8.51. The molecule has 0 aliphatic rings. The SMILES string of the molecule is CSc1ccc(C#N)cc1N. The quantitative estimate of drug-likeness (QED) is 0.509. The van der Waals surface area contributed by atoms with Gasteiger partial charge in [0.2, 0.25) is 0 Å². The molecule has 0 amide bonds. The first-order valence-electron chi connectivity index (χ1n) is 3.11. The molecule has 0 spiro atoms. The maximum Gasteiger partial charge on any atom is 0.0992 e. The molecule has 1 aromatic carbocycles. The van der Waals surface area contributed by atoms with Crippen LogP contribution in [0.4, 0.5) is 5.69 Å². The third-order valence-electron chi connectivity index (χ3n) is 1.36. The van der Waals surface area contributed by atoms with Crippen molar-refractivity contribution in [3.05, 3.63) is 23.8 Å². The second-order valence-electron chi connectivity index (χ2n) is 2.07. The van der Waals surface area contributed by atoms with Gasteiger partial charge >= 0.3 is 0 Å². The number of thioether (sulfide) groups is 1. The Morgan fingerprint density at radius 1 is 1.55 bits per heavy atom. The van der Waals surface area contributed by atoms with Gasteiger partial charge in [-0.3, -0.25) is 0 Å². The van der Waals surface area contributed by atoms with E-state index in [0.29, 0.717) is 11.3 Å². The number of hydrogen-bond acceptors (Lipinski definition) is 3. The first-order valence-corrected chi connectivity index (χ1v) is 4.34. The van der Waals surface area contributed by atoms with Crippen LogP contribution in [0.25, 0.3) is 0 Å². The van der Waals surface area contributed by atoms with Crippen molar-refractivity contribution in [1.29, 1.82) is 5.26 Å². The fraction of sp³-hybridized carbons (Fsp3) is 0.125. The summed E-state index contributed by atoms with van der Waals surface area (Å²) in [4.78, 5) is 1.02. The summed E-state index contributed by atoms with van der Waals surface area (Å²) in [7, 11) is 0. The Morgan fingerprint density at radius 2 is 2.27 bits per heavy atom. The van der Waals surface area contributed by atoms with E-state index in [2.05, 4.69) is 0 Å². The van der Waals surface area contributed by atoms with Crippen LogP contribution in [0.1, 0.15) is 5.56 Å². The van der Waals surface area contributed by atoms with Crippen molar-refractivity contribution in [3.8, 4) is 6.07 Å². The van der Waals surface area contributed by atoms with Gasteiger partial charge in [0, 0.05) is 10.6 Å². The van der Waals surface area contributed by atoms with E-state index in [0.717, 1.165) is 4.90 Å². The summed E-state index contributed by atoms with van der Waals surface area (Å²) in [5, 5.41) is 8.51. The van der Waals surface area contributed by atoms with Crippen molar-refractivity contribution in [2.24, 2.45) is 0 Å². The number of anilines is 1. The lowest BCUT2D eigenvalue weighted by Gasteiger charge is -2.00. The van der Waals surface area contributed by atoms with E-state index in [9.17, 15) is 0 Å². The van der Waals surface area contributed by atoms with Gasteiger partial charge in [-0.05, 0) is 24.5 Å². The average molecular weight is 164 g/mol. The van der Waals surface area contributed by atoms with E-state index in [1.54, 1.807) is 23.9 Å². The predicted octanol–water partition coefficient (Wildman–Crippen LogP) is 1.86. The molecule has 0 atom stereocenters. The molecule has 1 aromatic rings. The van der Waals surface area contributed by atoms with Crippen LogP contribution in [0.5, 0.6) is 0 Å². The highest BCUT2D eigenvalue weighted by molar-refractivity contribution is 7.98. The van der Waals surface area contributed by atoms with Gasteiger partial charge in [0.1, 0.15) is 0 Å². The molecular weight excluding hydrogens is 156 g/mol. The van der Waals surface area contributed by atoms with Crippen LogP contribution in [-0.4, -0.2) is 6.26 Å². The lowest BCUT2D eigenvalue weighted by atomic mass is 10.2. The molecule has 0 aliphatic heterocycles. The number of nitrogens with zero attached hydrogens (tertiary/aromatic N) is 1. The van der Waals surface area contributed by atoms with Crippen molar-refractivity contribution >= 4 is 17.4 Å². The normalized spacial score (nSPS) is 9.09. The molecular formula is C8H8N2S. The summed E-state index contributed by atoms with van der Waals surface area (Å²) in [6.45, 7) is 0. The minimum atomic E-state index is 0.611. The molecule has 0 saturated carbocycles. The molecule has 0 bridgehead atoms. The van der Waals surface area contributed by atoms with Crippen LogP contribution < -0.4 is 5.73 Å². The Labute approximate surface area is 70.0 Å². The summed E-state index contributed by atoms with van der Waals surface area (Å²) in [6, 6.07) is 7.34. The zero-order valence-corrected chi connectivity index (χ0v) is 6.98. The summed E-state index contributed by atoms with van der Waals surface area (Å²) in [5.74, 6) is 0. The van der Waals surface area contributed by atoms with Crippen molar-refractivity contribution < 1.29 is 0 Å². The largest absolute Gasteiger partial charge is 0.398 e. The average Bonchev–Trinajstić information content (AvgIpc) is 2.04.